The highest BCUT2D eigenvalue weighted by molar-refractivity contribution is 6.04. The number of carbonyl (C=O) groups excluding carboxylic acids is 1. The van der Waals surface area contributed by atoms with E-state index in [1.54, 1.807) is 4.90 Å². The first-order chi connectivity index (χ1) is 15.2. The Labute approximate surface area is 183 Å². The van der Waals surface area contributed by atoms with Crippen molar-refractivity contribution in [2.45, 2.75) is 36.8 Å². The minimum atomic E-state index is -0.887. The van der Waals surface area contributed by atoms with Gasteiger partial charge in [0.2, 0.25) is 0 Å². The minimum Gasteiger partial charge on any atom is -0.394 e. The topological polar surface area (TPSA) is 115 Å². The number of nitrogens with one attached hydrogen (secondary N) is 1. The van der Waals surface area contributed by atoms with Crippen molar-refractivity contribution in [1.29, 1.82) is 5.26 Å². The molecule has 3 aliphatic carbocycles. The summed E-state index contributed by atoms with van der Waals surface area (Å²) in [7, 11) is 0. The van der Waals surface area contributed by atoms with Gasteiger partial charge in [-0.3, -0.25) is 4.79 Å². The number of carbonyl (C=O) groups is 1. The predicted octanol–water partition coefficient (Wildman–Crippen LogP) is 2.08. The van der Waals surface area contributed by atoms with E-state index in [1.807, 2.05) is 6.07 Å². The van der Waals surface area contributed by atoms with E-state index in [0.717, 1.165) is 37.5 Å². The lowest BCUT2D eigenvalue weighted by Crippen LogP contribution is -2.68. The maximum absolute atomic E-state index is 14.1. The van der Waals surface area contributed by atoms with E-state index in [0.29, 0.717) is 24.6 Å². The number of anilines is 1. The summed E-state index contributed by atoms with van der Waals surface area (Å²) in [5.74, 6) is -1.28. The van der Waals surface area contributed by atoms with Crippen LogP contribution >= 0.6 is 0 Å². The second-order valence-electron chi connectivity index (χ2n) is 9.42. The molecule has 7 nitrogen and oxygen atoms in total. The number of aliphatic hydroxyl groups is 1. The van der Waals surface area contributed by atoms with Gasteiger partial charge < -0.3 is 21.1 Å². The first-order valence-electron chi connectivity index (χ1n) is 10.6. The first-order valence-corrected chi connectivity index (χ1v) is 10.6. The molecule has 6 rings (SSSR count). The van der Waals surface area contributed by atoms with Crippen LogP contribution in [0.1, 0.15) is 41.7 Å². The Morgan fingerprint density at radius 3 is 2.53 bits per heavy atom. The van der Waals surface area contributed by atoms with Crippen molar-refractivity contribution >= 4 is 11.6 Å². The molecule has 166 valence electrons. The number of nitrogens with two attached hydrogens (primary N) is 1. The van der Waals surface area contributed by atoms with Gasteiger partial charge in [0.05, 0.1) is 23.4 Å². The SMILES string of the molecule is N#Cc1ncc(C(=O)NC23CC(C2)C3)c(N2CC[C@@](N)(CO)C2)c1-c1cc(F)cc(F)c1. The van der Waals surface area contributed by atoms with Crippen LogP contribution in [0.5, 0.6) is 0 Å². The smallest absolute Gasteiger partial charge is 0.255 e. The quantitative estimate of drug-likeness (QED) is 0.657. The molecule has 3 saturated carbocycles. The highest BCUT2D eigenvalue weighted by atomic mass is 19.1. The summed E-state index contributed by atoms with van der Waals surface area (Å²) in [5, 5.41) is 22.5. The molecule has 4 aliphatic rings. The van der Waals surface area contributed by atoms with Gasteiger partial charge in [-0.25, -0.2) is 13.8 Å². The summed E-state index contributed by atoms with van der Waals surface area (Å²) in [6, 6.07) is 4.96. The van der Waals surface area contributed by atoms with Crippen LogP contribution in [0.15, 0.2) is 24.4 Å². The lowest BCUT2D eigenvalue weighted by atomic mass is 9.50. The minimum absolute atomic E-state index is 0.0504. The maximum Gasteiger partial charge on any atom is 0.255 e. The molecule has 4 N–H and O–H groups in total. The van der Waals surface area contributed by atoms with Crippen LogP contribution in [0.25, 0.3) is 11.1 Å². The van der Waals surface area contributed by atoms with Gasteiger partial charge in [0.1, 0.15) is 23.4 Å². The number of aliphatic hydroxyl groups excluding tert-OH is 1. The maximum atomic E-state index is 14.1. The molecule has 2 aromatic rings. The number of benzene rings is 1. The zero-order chi connectivity index (χ0) is 22.7. The molecule has 9 heteroatoms. The lowest BCUT2D eigenvalue weighted by molar-refractivity contribution is -0.0438. The van der Waals surface area contributed by atoms with Crippen LogP contribution in [-0.4, -0.2) is 46.8 Å². The van der Waals surface area contributed by atoms with Crippen molar-refractivity contribution in [3.05, 3.63) is 47.3 Å². The summed E-state index contributed by atoms with van der Waals surface area (Å²) in [6.07, 6.45) is 4.63. The van der Waals surface area contributed by atoms with Crippen LogP contribution < -0.4 is 16.0 Å². The number of nitriles is 1. The van der Waals surface area contributed by atoms with Gasteiger partial charge in [-0.15, -0.1) is 0 Å². The first kappa shape index (κ1) is 20.8. The van der Waals surface area contributed by atoms with Crippen molar-refractivity contribution in [2.75, 3.05) is 24.6 Å². The molecule has 1 saturated heterocycles. The molecule has 0 spiro atoms. The average Bonchev–Trinajstić information content (AvgIpc) is 3.10. The second-order valence-corrected chi connectivity index (χ2v) is 9.42. The predicted molar refractivity (Wildman–Crippen MR) is 113 cm³/mol. The number of nitrogens with zero attached hydrogens (tertiary/aromatic N) is 3. The van der Waals surface area contributed by atoms with Gasteiger partial charge in [0, 0.05) is 36.5 Å². The molecule has 0 radical (unpaired) electrons. The van der Waals surface area contributed by atoms with Crippen LogP contribution in [0, 0.1) is 28.9 Å². The Balaban J connectivity index is 1.66. The van der Waals surface area contributed by atoms with Gasteiger partial charge in [-0.1, -0.05) is 0 Å². The Hall–Kier alpha value is -3.09. The molecule has 32 heavy (non-hydrogen) atoms. The number of halogens is 2. The molecule has 1 atom stereocenters. The molecule has 0 unspecified atom stereocenters. The normalized spacial score (nSPS) is 28.0. The van der Waals surface area contributed by atoms with Gasteiger partial charge in [-0.05, 0) is 49.3 Å². The second kappa shape index (κ2) is 7.22. The number of aromatic nitrogens is 1. The summed E-state index contributed by atoms with van der Waals surface area (Å²) in [4.78, 5) is 19.3. The van der Waals surface area contributed by atoms with E-state index in [-0.39, 0.29) is 47.0 Å². The fraction of sp³-hybridized carbons (Fsp3) is 0.435. The summed E-state index contributed by atoms with van der Waals surface area (Å²) < 4.78 is 28.2. The highest BCUT2D eigenvalue weighted by Crippen LogP contribution is 2.57. The van der Waals surface area contributed by atoms with E-state index >= 15 is 0 Å². The molecule has 2 bridgehead atoms. The molecular weight excluding hydrogens is 416 g/mol. The molecule has 1 amide bonds. The zero-order valence-corrected chi connectivity index (χ0v) is 17.4. The van der Waals surface area contributed by atoms with Gasteiger partial charge >= 0.3 is 0 Å². The van der Waals surface area contributed by atoms with Crippen molar-refractivity contribution in [3.8, 4) is 17.2 Å². The van der Waals surface area contributed by atoms with Gasteiger partial charge in [0.25, 0.3) is 5.91 Å². The third-order valence-corrected chi connectivity index (χ3v) is 6.99. The van der Waals surface area contributed by atoms with E-state index in [2.05, 4.69) is 10.3 Å². The molecule has 4 fully saturated rings. The third-order valence-electron chi connectivity index (χ3n) is 6.99. The summed E-state index contributed by atoms with van der Waals surface area (Å²) in [6.45, 7) is 0.372. The van der Waals surface area contributed by atoms with Crippen molar-refractivity contribution in [3.63, 3.8) is 0 Å². The van der Waals surface area contributed by atoms with Crippen LogP contribution in [0.3, 0.4) is 0 Å². The fourth-order valence-corrected chi connectivity index (χ4v) is 5.21. The monoisotopic (exact) mass is 439 g/mol. The largest absolute Gasteiger partial charge is 0.394 e. The molecule has 1 aromatic carbocycles. The average molecular weight is 439 g/mol. The fourth-order valence-electron chi connectivity index (χ4n) is 5.21. The summed E-state index contributed by atoms with van der Waals surface area (Å²) in [5.41, 5.74) is 6.00. The Kier molecular flexibility index (Phi) is 4.69. The Morgan fingerprint density at radius 1 is 1.31 bits per heavy atom. The lowest BCUT2D eigenvalue weighted by Gasteiger charge is -2.61. The standard InChI is InChI=1S/C23H23F2N5O2/c24-15-3-14(4-16(25)5-15)19-18(9-26)28-10-17(21(32)29-23-6-13(7-23)8-23)20(19)30-2-1-22(27,11-30)12-31/h3-5,10,13,31H,1-2,6-8,11-12,27H2,(H,29,32)/t13?,22-,23?/m0/s1. The number of rotatable bonds is 5. The summed E-state index contributed by atoms with van der Waals surface area (Å²) >= 11 is 0. The number of amides is 1. The van der Waals surface area contributed by atoms with Crippen LogP contribution in [0.2, 0.25) is 0 Å². The van der Waals surface area contributed by atoms with Crippen LogP contribution in [0.4, 0.5) is 14.5 Å². The van der Waals surface area contributed by atoms with E-state index in [9.17, 15) is 23.9 Å². The van der Waals surface area contributed by atoms with E-state index < -0.39 is 17.2 Å². The van der Waals surface area contributed by atoms with E-state index in [4.69, 9.17) is 5.73 Å². The third kappa shape index (κ3) is 3.31. The molecule has 1 aromatic heterocycles. The number of hydrogen-bond donors (Lipinski definition) is 3. The highest BCUT2D eigenvalue weighted by Gasteiger charge is 2.57. The number of pyridine rings is 1. The van der Waals surface area contributed by atoms with E-state index in [1.165, 1.54) is 6.20 Å². The number of hydrogen-bond acceptors (Lipinski definition) is 6. The molecule has 1 aliphatic heterocycles. The van der Waals surface area contributed by atoms with Gasteiger partial charge in [-0.2, -0.15) is 5.26 Å². The van der Waals surface area contributed by atoms with Crippen molar-refractivity contribution in [2.24, 2.45) is 11.7 Å². The molecular formula is C23H23F2N5O2. The Bertz CT molecular complexity index is 1130. The van der Waals surface area contributed by atoms with Gasteiger partial charge in [0.15, 0.2) is 0 Å². The van der Waals surface area contributed by atoms with Crippen molar-refractivity contribution < 1.29 is 18.7 Å². The zero-order valence-electron chi connectivity index (χ0n) is 17.4. The Morgan fingerprint density at radius 2 is 2.00 bits per heavy atom. The van der Waals surface area contributed by atoms with Crippen LogP contribution in [-0.2, 0) is 0 Å². The van der Waals surface area contributed by atoms with Crippen molar-refractivity contribution in [1.82, 2.24) is 10.3 Å². The molecule has 2 heterocycles.